The Kier molecular flexibility index (Phi) is 5.23. The third kappa shape index (κ3) is 4.27. The molecule has 1 heterocycles. The third-order valence-corrected chi connectivity index (χ3v) is 4.78. The normalized spacial score (nSPS) is 15.5. The molecule has 120 valence electrons. The van der Waals surface area contributed by atoms with Crippen molar-refractivity contribution in [2.24, 2.45) is 0 Å². The summed E-state index contributed by atoms with van der Waals surface area (Å²) in [6.45, 7) is 1.52. The molecule has 0 unspecified atom stereocenters. The van der Waals surface area contributed by atoms with Gasteiger partial charge in [0.1, 0.15) is 0 Å². The van der Waals surface area contributed by atoms with E-state index >= 15 is 0 Å². The molecule has 1 aliphatic heterocycles. The number of anilines is 1. The molecular formula is C18H18BrClN2O. The molecule has 2 aromatic rings. The van der Waals surface area contributed by atoms with Crippen molar-refractivity contribution >= 4 is 39.1 Å². The average molecular weight is 394 g/mol. The van der Waals surface area contributed by atoms with Crippen molar-refractivity contribution in [3.8, 4) is 0 Å². The summed E-state index contributed by atoms with van der Waals surface area (Å²) < 4.78 is 1.07. The van der Waals surface area contributed by atoms with Crippen molar-refractivity contribution in [2.45, 2.75) is 18.9 Å². The Bertz CT molecular complexity index is 699. The van der Waals surface area contributed by atoms with E-state index in [-0.39, 0.29) is 5.91 Å². The summed E-state index contributed by atoms with van der Waals surface area (Å²) in [5, 5.41) is 4.14. The fourth-order valence-corrected chi connectivity index (χ4v) is 3.43. The second-order valence-corrected chi connectivity index (χ2v) is 7.08. The second-order valence-electron chi connectivity index (χ2n) is 5.73. The van der Waals surface area contributed by atoms with E-state index in [9.17, 15) is 4.79 Å². The molecule has 23 heavy (non-hydrogen) atoms. The van der Waals surface area contributed by atoms with Gasteiger partial charge in [-0.15, -0.1) is 0 Å². The Morgan fingerprint density at radius 2 is 1.87 bits per heavy atom. The summed E-state index contributed by atoms with van der Waals surface area (Å²) in [5.74, 6) is 0.0633. The number of carbonyl (C=O) groups is 1. The number of amides is 1. The molecule has 3 rings (SSSR count). The van der Waals surface area contributed by atoms with E-state index in [1.54, 1.807) is 12.1 Å². The molecule has 0 saturated carbocycles. The molecule has 1 saturated heterocycles. The maximum Gasteiger partial charge on any atom is 0.253 e. The number of nitrogens with one attached hydrogen (secondary N) is 1. The van der Waals surface area contributed by atoms with Crippen LogP contribution in [0.4, 0.5) is 5.69 Å². The Balaban J connectivity index is 1.57. The van der Waals surface area contributed by atoms with Crippen LogP contribution >= 0.6 is 27.5 Å². The van der Waals surface area contributed by atoms with Gasteiger partial charge in [-0.1, -0.05) is 39.7 Å². The summed E-state index contributed by atoms with van der Waals surface area (Å²) in [6, 6.07) is 15.7. The number of hydrogen-bond donors (Lipinski definition) is 1. The zero-order valence-corrected chi connectivity index (χ0v) is 15.0. The van der Waals surface area contributed by atoms with Gasteiger partial charge in [0.2, 0.25) is 0 Å². The van der Waals surface area contributed by atoms with Gasteiger partial charge in [0.25, 0.3) is 5.91 Å². The molecule has 1 fully saturated rings. The SMILES string of the molecule is O=C(c1cccc(Cl)c1)N1CCC(Nc2cccc(Br)c2)CC1. The molecule has 0 radical (unpaired) electrons. The summed E-state index contributed by atoms with van der Waals surface area (Å²) in [4.78, 5) is 14.4. The van der Waals surface area contributed by atoms with Gasteiger partial charge >= 0.3 is 0 Å². The first-order chi connectivity index (χ1) is 11.1. The predicted octanol–water partition coefficient (Wildman–Crippen LogP) is 4.82. The van der Waals surface area contributed by atoms with E-state index in [1.807, 2.05) is 29.2 Å². The van der Waals surface area contributed by atoms with Crippen LogP contribution in [0.15, 0.2) is 53.0 Å². The first-order valence-corrected chi connectivity index (χ1v) is 8.86. The van der Waals surface area contributed by atoms with Crippen molar-refractivity contribution in [1.82, 2.24) is 4.90 Å². The average Bonchev–Trinajstić information content (AvgIpc) is 2.55. The summed E-state index contributed by atoms with van der Waals surface area (Å²) >= 11 is 9.45. The highest BCUT2D eigenvalue weighted by molar-refractivity contribution is 9.10. The lowest BCUT2D eigenvalue weighted by atomic mass is 10.0. The minimum Gasteiger partial charge on any atom is -0.382 e. The van der Waals surface area contributed by atoms with Crippen LogP contribution in [0.3, 0.4) is 0 Å². The summed E-state index contributed by atoms with van der Waals surface area (Å²) in [7, 11) is 0. The van der Waals surface area contributed by atoms with Crippen molar-refractivity contribution in [1.29, 1.82) is 0 Å². The van der Waals surface area contributed by atoms with Crippen molar-refractivity contribution in [3.63, 3.8) is 0 Å². The van der Waals surface area contributed by atoms with Gasteiger partial charge < -0.3 is 10.2 Å². The lowest BCUT2D eigenvalue weighted by Gasteiger charge is -2.33. The van der Waals surface area contributed by atoms with Gasteiger partial charge in [-0.2, -0.15) is 0 Å². The number of benzene rings is 2. The lowest BCUT2D eigenvalue weighted by molar-refractivity contribution is 0.0718. The molecule has 2 aromatic carbocycles. The van der Waals surface area contributed by atoms with Crippen LogP contribution in [0.2, 0.25) is 5.02 Å². The molecule has 3 nitrogen and oxygen atoms in total. The molecule has 5 heteroatoms. The Labute approximate surface area is 149 Å². The smallest absolute Gasteiger partial charge is 0.253 e. The van der Waals surface area contributed by atoms with Gasteiger partial charge in [-0.05, 0) is 49.2 Å². The number of nitrogens with zero attached hydrogens (tertiary/aromatic N) is 1. The quantitative estimate of drug-likeness (QED) is 0.811. The Morgan fingerprint density at radius 3 is 2.57 bits per heavy atom. The largest absolute Gasteiger partial charge is 0.382 e. The maximum absolute atomic E-state index is 12.5. The minimum absolute atomic E-state index is 0.0633. The predicted molar refractivity (Wildman–Crippen MR) is 98.1 cm³/mol. The van der Waals surface area contributed by atoms with Crippen LogP contribution in [0.5, 0.6) is 0 Å². The van der Waals surface area contributed by atoms with E-state index in [0.29, 0.717) is 16.6 Å². The molecule has 1 N–H and O–H groups in total. The molecule has 1 aliphatic rings. The number of halogens is 2. The number of carbonyl (C=O) groups excluding carboxylic acids is 1. The van der Waals surface area contributed by atoms with E-state index < -0.39 is 0 Å². The second kappa shape index (κ2) is 7.37. The number of hydrogen-bond acceptors (Lipinski definition) is 2. The highest BCUT2D eigenvalue weighted by Gasteiger charge is 2.23. The molecule has 1 amide bonds. The van der Waals surface area contributed by atoms with Gasteiger partial charge in [0.15, 0.2) is 0 Å². The van der Waals surface area contributed by atoms with E-state index in [1.165, 1.54) is 0 Å². The zero-order chi connectivity index (χ0) is 16.2. The number of rotatable bonds is 3. The molecule has 0 spiro atoms. The van der Waals surface area contributed by atoms with E-state index in [4.69, 9.17) is 11.6 Å². The highest BCUT2D eigenvalue weighted by atomic mass is 79.9. The van der Waals surface area contributed by atoms with Gasteiger partial charge in [0, 0.05) is 39.9 Å². The van der Waals surface area contributed by atoms with Gasteiger partial charge in [0.05, 0.1) is 0 Å². The maximum atomic E-state index is 12.5. The van der Waals surface area contributed by atoms with Crippen molar-refractivity contribution < 1.29 is 4.79 Å². The first kappa shape index (κ1) is 16.3. The lowest BCUT2D eigenvalue weighted by Crippen LogP contribution is -2.42. The van der Waals surface area contributed by atoms with Crippen molar-refractivity contribution in [2.75, 3.05) is 18.4 Å². The topological polar surface area (TPSA) is 32.3 Å². The highest BCUT2D eigenvalue weighted by Crippen LogP contribution is 2.21. The summed E-state index contributed by atoms with van der Waals surface area (Å²) in [6.07, 6.45) is 1.89. The number of likely N-dealkylation sites (tertiary alicyclic amines) is 1. The standard InChI is InChI=1S/C18H18BrClN2O/c19-14-4-2-6-17(12-14)21-16-7-9-22(10-8-16)18(23)13-3-1-5-15(20)11-13/h1-6,11-12,16,21H,7-10H2. The fraction of sp³-hybridized carbons (Fsp3) is 0.278. The minimum atomic E-state index is 0.0633. The summed E-state index contributed by atoms with van der Waals surface area (Å²) in [5.41, 5.74) is 1.77. The van der Waals surface area contributed by atoms with E-state index in [2.05, 4.69) is 33.4 Å². The van der Waals surface area contributed by atoms with Crippen LogP contribution in [-0.4, -0.2) is 29.9 Å². The van der Waals surface area contributed by atoms with E-state index in [0.717, 1.165) is 36.1 Å². The third-order valence-electron chi connectivity index (χ3n) is 4.05. The first-order valence-electron chi connectivity index (χ1n) is 7.69. The zero-order valence-electron chi connectivity index (χ0n) is 12.6. The van der Waals surface area contributed by atoms with Crippen LogP contribution in [0.25, 0.3) is 0 Å². The van der Waals surface area contributed by atoms with Gasteiger partial charge in [-0.3, -0.25) is 4.79 Å². The monoisotopic (exact) mass is 392 g/mol. The molecule has 0 bridgehead atoms. The molecule has 0 aliphatic carbocycles. The Morgan fingerprint density at radius 1 is 1.13 bits per heavy atom. The fourth-order valence-electron chi connectivity index (χ4n) is 2.84. The molecular weight excluding hydrogens is 376 g/mol. The molecule has 0 aromatic heterocycles. The molecule has 0 atom stereocenters. The van der Waals surface area contributed by atoms with Crippen LogP contribution in [0, 0.1) is 0 Å². The number of piperidine rings is 1. The van der Waals surface area contributed by atoms with Crippen molar-refractivity contribution in [3.05, 3.63) is 63.6 Å². The van der Waals surface area contributed by atoms with Gasteiger partial charge in [-0.25, -0.2) is 0 Å². The van der Waals surface area contributed by atoms with Crippen LogP contribution in [0.1, 0.15) is 23.2 Å². The Hall–Kier alpha value is -1.52. The van der Waals surface area contributed by atoms with Crippen LogP contribution in [-0.2, 0) is 0 Å². The van der Waals surface area contributed by atoms with Crippen LogP contribution < -0.4 is 5.32 Å².